The summed E-state index contributed by atoms with van der Waals surface area (Å²) >= 11 is 1.82. The van der Waals surface area contributed by atoms with Crippen LogP contribution in [0.4, 0.5) is 0 Å². The minimum atomic E-state index is 0.0795. The molecule has 7 heteroatoms. The first-order chi connectivity index (χ1) is 13.5. The largest absolute Gasteiger partial charge is 0.379 e. The molecule has 2 N–H and O–H groups in total. The summed E-state index contributed by atoms with van der Waals surface area (Å²) in [5.41, 5.74) is 0.492. The summed E-state index contributed by atoms with van der Waals surface area (Å²) in [6.07, 6.45) is 2.81. The van der Waals surface area contributed by atoms with E-state index >= 15 is 0 Å². The molecule has 0 aliphatic heterocycles. The highest BCUT2D eigenvalue weighted by atomic mass is 32.2. The number of hydrogen-bond donors (Lipinski definition) is 2. The maximum atomic E-state index is 11.7. The topological polar surface area (TPSA) is 76.7 Å². The van der Waals surface area contributed by atoms with Crippen molar-refractivity contribution < 1.29 is 19.1 Å². The first kappa shape index (κ1) is 28.2. The van der Waals surface area contributed by atoms with Crippen molar-refractivity contribution in [3.05, 3.63) is 0 Å². The van der Waals surface area contributed by atoms with Crippen molar-refractivity contribution >= 4 is 23.6 Å². The van der Waals surface area contributed by atoms with Gasteiger partial charge in [-0.2, -0.15) is 11.8 Å². The van der Waals surface area contributed by atoms with Crippen molar-refractivity contribution in [2.24, 2.45) is 10.8 Å². The predicted molar refractivity (Wildman–Crippen MR) is 122 cm³/mol. The lowest BCUT2D eigenvalue weighted by molar-refractivity contribution is -0.122. The molecule has 0 heterocycles. The van der Waals surface area contributed by atoms with E-state index in [0.717, 1.165) is 24.3 Å². The number of thioether (sulfide) groups is 1. The van der Waals surface area contributed by atoms with E-state index in [1.807, 2.05) is 11.8 Å². The monoisotopic (exact) mass is 432 g/mol. The Kier molecular flexibility index (Phi) is 15.5. The average molecular weight is 433 g/mol. The van der Waals surface area contributed by atoms with Crippen LogP contribution in [0, 0.1) is 10.8 Å². The number of carbonyl (C=O) groups excluding carboxylic acids is 2. The van der Waals surface area contributed by atoms with Gasteiger partial charge in [-0.3, -0.25) is 9.59 Å². The average Bonchev–Trinajstić information content (AvgIpc) is 2.60. The SMILES string of the molecule is CC(C)(C)CCC(=O)NCCCOCCOCCNC(=O)CCSCC(C)(C)C. The molecule has 172 valence electrons. The molecule has 0 aromatic heterocycles. The second-order valence-electron chi connectivity index (χ2n) is 9.70. The number of rotatable bonds is 16. The van der Waals surface area contributed by atoms with Crippen molar-refractivity contribution in [3.8, 4) is 0 Å². The molecule has 0 bridgehead atoms. The van der Waals surface area contributed by atoms with E-state index in [1.165, 1.54) is 0 Å². The van der Waals surface area contributed by atoms with Gasteiger partial charge >= 0.3 is 0 Å². The molecule has 0 fully saturated rings. The molecule has 0 saturated heterocycles. The molecule has 0 aliphatic rings. The third kappa shape index (κ3) is 23.4. The maximum Gasteiger partial charge on any atom is 0.220 e. The van der Waals surface area contributed by atoms with Crippen LogP contribution in [0.2, 0.25) is 0 Å². The van der Waals surface area contributed by atoms with Crippen LogP contribution in [0.1, 0.15) is 67.2 Å². The Bertz CT molecular complexity index is 445. The van der Waals surface area contributed by atoms with E-state index in [1.54, 1.807) is 0 Å². The van der Waals surface area contributed by atoms with Crippen molar-refractivity contribution in [1.29, 1.82) is 0 Å². The van der Waals surface area contributed by atoms with Gasteiger partial charge in [0.15, 0.2) is 0 Å². The fraction of sp³-hybridized carbons (Fsp3) is 0.909. The zero-order chi connectivity index (χ0) is 22.2. The van der Waals surface area contributed by atoms with Crippen molar-refractivity contribution in [2.45, 2.75) is 67.2 Å². The van der Waals surface area contributed by atoms with Gasteiger partial charge in [0.1, 0.15) is 0 Å². The molecule has 6 nitrogen and oxygen atoms in total. The number of nitrogens with one attached hydrogen (secondary N) is 2. The molecule has 0 aromatic carbocycles. The summed E-state index contributed by atoms with van der Waals surface area (Å²) in [6.45, 7) is 16.3. The van der Waals surface area contributed by atoms with Gasteiger partial charge in [0.05, 0.1) is 19.8 Å². The van der Waals surface area contributed by atoms with Crippen LogP contribution < -0.4 is 10.6 Å². The van der Waals surface area contributed by atoms with Crippen LogP contribution in [-0.4, -0.2) is 62.8 Å². The molecule has 0 aliphatic carbocycles. The van der Waals surface area contributed by atoms with Gasteiger partial charge in [0.25, 0.3) is 0 Å². The Morgan fingerprint density at radius 1 is 0.759 bits per heavy atom. The second-order valence-corrected chi connectivity index (χ2v) is 10.8. The van der Waals surface area contributed by atoms with Gasteiger partial charge in [-0.05, 0) is 29.4 Å². The first-order valence-corrected chi connectivity index (χ1v) is 11.9. The van der Waals surface area contributed by atoms with Gasteiger partial charge in [-0.1, -0.05) is 41.5 Å². The molecule has 29 heavy (non-hydrogen) atoms. The van der Waals surface area contributed by atoms with Gasteiger partial charge in [-0.25, -0.2) is 0 Å². The Labute approximate surface area is 182 Å². The highest BCUT2D eigenvalue weighted by Gasteiger charge is 2.12. The minimum absolute atomic E-state index is 0.0795. The lowest BCUT2D eigenvalue weighted by Crippen LogP contribution is -2.28. The lowest BCUT2D eigenvalue weighted by atomic mass is 9.90. The number of hydrogen-bond acceptors (Lipinski definition) is 5. The van der Waals surface area contributed by atoms with Gasteiger partial charge in [0, 0.05) is 38.3 Å². The summed E-state index contributed by atoms with van der Waals surface area (Å²) in [6, 6.07) is 0. The quantitative estimate of drug-likeness (QED) is 0.364. The summed E-state index contributed by atoms with van der Waals surface area (Å²) in [5.74, 6) is 2.11. The van der Waals surface area contributed by atoms with E-state index in [9.17, 15) is 9.59 Å². The fourth-order valence-electron chi connectivity index (χ4n) is 2.20. The lowest BCUT2D eigenvalue weighted by Gasteiger charge is -2.17. The highest BCUT2D eigenvalue weighted by molar-refractivity contribution is 7.99. The number of ether oxygens (including phenoxy) is 2. The number of carbonyl (C=O) groups is 2. The Balaban J connectivity index is 3.33. The van der Waals surface area contributed by atoms with Crippen LogP contribution in [-0.2, 0) is 19.1 Å². The van der Waals surface area contributed by atoms with E-state index in [-0.39, 0.29) is 17.2 Å². The summed E-state index contributed by atoms with van der Waals surface area (Å²) < 4.78 is 10.9. The Morgan fingerprint density at radius 2 is 1.34 bits per heavy atom. The molecule has 0 atom stereocenters. The van der Waals surface area contributed by atoms with Gasteiger partial charge < -0.3 is 20.1 Å². The van der Waals surface area contributed by atoms with Crippen LogP contribution in [0.5, 0.6) is 0 Å². The minimum Gasteiger partial charge on any atom is -0.379 e. The third-order valence-electron chi connectivity index (χ3n) is 3.84. The first-order valence-electron chi connectivity index (χ1n) is 10.8. The summed E-state index contributed by atoms with van der Waals surface area (Å²) in [5, 5.41) is 5.79. The predicted octanol–water partition coefficient (Wildman–Crippen LogP) is 3.64. The molecule has 0 unspecified atom stereocenters. The van der Waals surface area contributed by atoms with E-state index < -0.39 is 0 Å². The van der Waals surface area contributed by atoms with E-state index in [2.05, 4.69) is 52.2 Å². The van der Waals surface area contributed by atoms with Crippen LogP contribution in [0.3, 0.4) is 0 Å². The van der Waals surface area contributed by atoms with Crippen molar-refractivity contribution in [1.82, 2.24) is 10.6 Å². The third-order valence-corrected chi connectivity index (χ3v) is 5.40. The molecule has 0 radical (unpaired) electrons. The zero-order valence-corrected chi connectivity index (χ0v) is 20.3. The van der Waals surface area contributed by atoms with E-state index in [0.29, 0.717) is 57.8 Å². The second kappa shape index (κ2) is 16.0. The maximum absolute atomic E-state index is 11.7. The van der Waals surface area contributed by atoms with Crippen LogP contribution >= 0.6 is 11.8 Å². The molecule has 0 spiro atoms. The summed E-state index contributed by atoms with van der Waals surface area (Å²) in [4.78, 5) is 23.4. The van der Waals surface area contributed by atoms with E-state index in [4.69, 9.17) is 9.47 Å². The Hall–Kier alpha value is -0.790. The highest BCUT2D eigenvalue weighted by Crippen LogP contribution is 2.21. The summed E-state index contributed by atoms with van der Waals surface area (Å²) in [7, 11) is 0. The zero-order valence-electron chi connectivity index (χ0n) is 19.5. The standard InChI is InChI=1S/C22H44N2O4S/c1-21(2,3)10-8-19(25)23-11-7-13-27-15-16-28-14-12-24-20(26)9-17-29-18-22(4,5)6/h7-18H2,1-6H3,(H,23,25)(H,24,26). The van der Waals surface area contributed by atoms with Crippen LogP contribution in [0.15, 0.2) is 0 Å². The van der Waals surface area contributed by atoms with Gasteiger partial charge in [-0.15, -0.1) is 0 Å². The number of amides is 2. The smallest absolute Gasteiger partial charge is 0.220 e. The molecule has 0 rings (SSSR count). The molecule has 0 aromatic rings. The van der Waals surface area contributed by atoms with Gasteiger partial charge in [0.2, 0.25) is 11.8 Å². The normalized spacial score (nSPS) is 12.1. The molecular formula is C22H44N2O4S. The van der Waals surface area contributed by atoms with Crippen molar-refractivity contribution in [2.75, 3.05) is 51.0 Å². The van der Waals surface area contributed by atoms with Crippen molar-refractivity contribution in [3.63, 3.8) is 0 Å². The molecule has 2 amide bonds. The van der Waals surface area contributed by atoms with Crippen LogP contribution in [0.25, 0.3) is 0 Å². The molecular weight excluding hydrogens is 388 g/mol. The molecule has 0 saturated carbocycles. The Morgan fingerprint density at radius 3 is 1.97 bits per heavy atom. The fourth-order valence-corrected chi connectivity index (χ4v) is 3.28.